The van der Waals surface area contributed by atoms with E-state index in [1.807, 2.05) is 0 Å². The van der Waals surface area contributed by atoms with Crippen molar-refractivity contribution in [1.82, 2.24) is 4.72 Å². The van der Waals surface area contributed by atoms with Gasteiger partial charge in [0.15, 0.2) is 0 Å². The van der Waals surface area contributed by atoms with E-state index in [0.717, 1.165) is 0 Å². The number of sulfonamides is 1. The molecule has 0 aromatic carbocycles. The van der Waals surface area contributed by atoms with E-state index in [9.17, 15) is 8.42 Å². The maximum Gasteiger partial charge on any atom is 0.229 e. The molecule has 0 fully saturated rings. The van der Waals surface area contributed by atoms with E-state index in [4.69, 9.17) is 0 Å². The summed E-state index contributed by atoms with van der Waals surface area (Å²) in [5, 5.41) is 0. The zero-order valence-electron chi connectivity index (χ0n) is 4.71. The minimum absolute atomic E-state index is 0.0104. The van der Waals surface area contributed by atoms with Crippen LogP contribution >= 0.6 is 31.9 Å². The topological polar surface area (TPSA) is 48.2 Å². The lowest BCUT2D eigenvalue weighted by Crippen LogP contribution is -2.19. The molecule has 3 nitrogen and oxygen atoms in total. The number of hydrogen-bond acceptors (Lipinski definition) is 2. The highest BCUT2D eigenvalue weighted by Gasteiger charge is 2.12. The van der Waals surface area contributed by atoms with Gasteiger partial charge in [0.25, 0.3) is 0 Å². The molecular weight excluding hydrogens is 274 g/mol. The number of hydrogen-bond donors (Lipinski definition) is 0. The lowest BCUT2D eigenvalue weighted by Gasteiger charge is -1.98. The van der Waals surface area contributed by atoms with Crippen LogP contribution in [-0.4, -0.2) is 25.0 Å². The summed E-state index contributed by atoms with van der Waals surface area (Å²) in [7, 11) is -1.93. The number of alkyl halides is 2. The van der Waals surface area contributed by atoms with Gasteiger partial charge in [-0.05, 0) is 0 Å². The van der Waals surface area contributed by atoms with Crippen molar-refractivity contribution in [1.29, 1.82) is 0 Å². The fourth-order valence-electron chi connectivity index (χ4n) is 0.234. The molecule has 9 heavy (non-hydrogen) atoms. The molecule has 0 saturated carbocycles. The van der Waals surface area contributed by atoms with Gasteiger partial charge in [-0.25, -0.2) is 8.42 Å². The minimum atomic E-state index is -3.19. The first-order chi connectivity index (χ1) is 3.98. The van der Waals surface area contributed by atoms with E-state index in [0.29, 0.717) is 0 Å². The average Bonchev–Trinajstić information content (AvgIpc) is 1.63. The van der Waals surface area contributed by atoms with Crippen LogP contribution in [0.1, 0.15) is 0 Å². The van der Waals surface area contributed by atoms with E-state index in [1.54, 1.807) is 0 Å². The molecule has 0 bridgehead atoms. The molecule has 0 aromatic rings. The summed E-state index contributed by atoms with van der Waals surface area (Å²) >= 11 is 6.06. The Kier molecular flexibility index (Phi) is 4.28. The predicted octanol–water partition coefficient (Wildman–Crippen LogP) is 0.666. The second-order valence-corrected chi connectivity index (χ2v) is 6.62. The minimum Gasteiger partial charge on any atom is -0.211 e. The van der Waals surface area contributed by atoms with Crippen molar-refractivity contribution in [3.63, 3.8) is 0 Å². The summed E-state index contributed by atoms with van der Waals surface area (Å²) in [5.41, 5.74) is 0. The van der Waals surface area contributed by atoms with Crippen LogP contribution < -0.4 is 4.72 Å². The highest BCUT2D eigenvalue weighted by molar-refractivity contribution is 9.24. The molecule has 0 aromatic heterocycles. The molecule has 0 aliphatic carbocycles. The van der Waals surface area contributed by atoms with E-state index in [-0.39, 0.29) is 9.49 Å². The van der Waals surface area contributed by atoms with Crippen LogP contribution in [0.4, 0.5) is 0 Å². The highest BCUT2D eigenvalue weighted by Crippen LogP contribution is 2.09. The van der Waals surface area contributed by atoms with Crippen molar-refractivity contribution in [3.8, 4) is 0 Å². The number of rotatable bonds is 3. The summed E-state index contributed by atoms with van der Waals surface area (Å²) in [6.07, 6.45) is 0. The smallest absolute Gasteiger partial charge is 0.211 e. The van der Waals surface area contributed by atoms with Gasteiger partial charge >= 0.3 is 0 Å². The molecule has 0 N–H and O–H groups in total. The standard InChI is InChI=1S/C3H6Br2NO2S/c1-6-9(7,8)2-3(4)5/h3H,2H2,1H3. The molecule has 0 amide bonds. The second-order valence-electron chi connectivity index (χ2n) is 1.32. The molecule has 0 rings (SSSR count). The summed E-state index contributed by atoms with van der Waals surface area (Å²) in [5.74, 6) is -0.0104. The Labute approximate surface area is 71.5 Å². The fourth-order valence-corrected chi connectivity index (χ4v) is 2.71. The first-order valence-corrected chi connectivity index (χ1v) is 5.54. The Morgan fingerprint density at radius 1 is 1.56 bits per heavy atom. The third-order valence-electron chi connectivity index (χ3n) is 0.615. The average molecular weight is 280 g/mol. The molecule has 0 aliphatic heterocycles. The number of nitrogens with zero attached hydrogens (tertiary/aromatic N) is 1. The largest absolute Gasteiger partial charge is 0.229 e. The first kappa shape index (κ1) is 9.87. The maximum absolute atomic E-state index is 10.6. The molecule has 0 saturated heterocycles. The molecule has 0 unspecified atom stereocenters. The molecule has 55 valence electrons. The van der Waals surface area contributed by atoms with Gasteiger partial charge in [0.05, 0.1) is 9.49 Å². The van der Waals surface area contributed by atoms with Crippen LogP contribution in [0.15, 0.2) is 0 Å². The van der Waals surface area contributed by atoms with E-state index in [1.165, 1.54) is 7.05 Å². The third-order valence-corrected chi connectivity index (χ3v) is 3.43. The molecule has 0 atom stereocenters. The van der Waals surface area contributed by atoms with Crippen LogP contribution in [-0.2, 0) is 10.0 Å². The lowest BCUT2D eigenvalue weighted by atomic mass is 11.0. The van der Waals surface area contributed by atoms with Gasteiger partial charge in [-0.15, -0.1) is 4.72 Å². The van der Waals surface area contributed by atoms with E-state index in [2.05, 4.69) is 36.6 Å². The van der Waals surface area contributed by atoms with Crippen LogP contribution in [0.25, 0.3) is 0 Å². The molecule has 6 heteroatoms. The van der Waals surface area contributed by atoms with Gasteiger partial charge < -0.3 is 0 Å². The van der Waals surface area contributed by atoms with Gasteiger partial charge in [-0.2, -0.15) is 0 Å². The van der Waals surface area contributed by atoms with Crippen molar-refractivity contribution < 1.29 is 8.42 Å². The van der Waals surface area contributed by atoms with Crippen molar-refractivity contribution >= 4 is 41.9 Å². The Morgan fingerprint density at radius 3 is 2.11 bits per heavy atom. The van der Waals surface area contributed by atoms with Gasteiger partial charge in [0, 0.05) is 7.05 Å². The second kappa shape index (κ2) is 3.90. The van der Waals surface area contributed by atoms with Crippen LogP contribution in [0.3, 0.4) is 0 Å². The zero-order chi connectivity index (χ0) is 7.49. The molecule has 0 spiro atoms. The Balaban J connectivity index is 3.90. The lowest BCUT2D eigenvalue weighted by molar-refractivity contribution is 0.588. The van der Waals surface area contributed by atoms with Crippen LogP contribution in [0, 0.1) is 0 Å². The van der Waals surface area contributed by atoms with Gasteiger partial charge in [-0.3, -0.25) is 0 Å². The molecular formula is C3H6Br2NO2S. The van der Waals surface area contributed by atoms with Gasteiger partial charge in [-0.1, -0.05) is 31.9 Å². The Bertz CT molecular complexity index is 165. The molecule has 0 aliphatic rings. The summed E-state index contributed by atoms with van der Waals surface area (Å²) in [4.78, 5) is 0. The van der Waals surface area contributed by atoms with Crippen molar-refractivity contribution in [2.75, 3.05) is 12.8 Å². The number of halogens is 2. The van der Waals surface area contributed by atoms with Crippen LogP contribution in [0.5, 0.6) is 0 Å². The highest BCUT2D eigenvalue weighted by atomic mass is 79.9. The predicted molar refractivity (Wildman–Crippen MR) is 43.5 cm³/mol. The monoisotopic (exact) mass is 278 g/mol. The SMILES string of the molecule is C[N]S(=O)(=O)CC(Br)Br. The maximum atomic E-state index is 10.6. The molecule has 0 heterocycles. The van der Waals surface area contributed by atoms with Crippen LogP contribution in [0.2, 0.25) is 0 Å². The van der Waals surface area contributed by atoms with Crippen molar-refractivity contribution in [2.24, 2.45) is 0 Å². The summed E-state index contributed by atoms with van der Waals surface area (Å²) < 4.78 is 24.1. The quantitative estimate of drug-likeness (QED) is 0.713. The fraction of sp³-hybridized carbons (Fsp3) is 1.00. The third kappa shape index (κ3) is 5.32. The van der Waals surface area contributed by atoms with E-state index >= 15 is 0 Å². The molecule has 1 radical (unpaired) electrons. The van der Waals surface area contributed by atoms with Crippen molar-refractivity contribution in [3.05, 3.63) is 0 Å². The van der Waals surface area contributed by atoms with Crippen molar-refractivity contribution in [2.45, 2.75) is 3.74 Å². The summed E-state index contributed by atoms with van der Waals surface area (Å²) in [6, 6.07) is 0. The Hall–Kier alpha value is 0.870. The Morgan fingerprint density at radius 2 is 2.00 bits per heavy atom. The first-order valence-electron chi connectivity index (χ1n) is 2.10. The van der Waals surface area contributed by atoms with Gasteiger partial charge in [0.2, 0.25) is 10.0 Å². The summed E-state index contributed by atoms with van der Waals surface area (Å²) in [6.45, 7) is 0. The normalized spacial score (nSPS) is 12.4. The van der Waals surface area contributed by atoms with E-state index < -0.39 is 10.0 Å². The zero-order valence-corrected chi connectivity index (χ0v) is 8.70. The van der Waals surface area contributed by atoms with Gasteiger partial charge in [0.1, 0.15) is 0 Å².